The van der Waals surface area contributed by atoms with Gasteiger partial charge in [0, 0.05) is 11.8 Å². The summed E-state index contributed by atoms with van der Waals surface area (Å²) in [6, 6.07) is 15.5. The van der Waals surface area contributed by atoms with Gasteiger partial charge in [0.25, 0.3) is 5.91 Å². The third-order valence-electron chi connectivity index (χ3n) is 4.39. The minimum Gasteiger partial charge on any atom is -0.452 e. The summed E-state index contributed by atoms with van der Waals surface area (Å²) in [5.74, 6) is -0.479. The number of para-hydroxylation sites is 1. The van der Waals surface area contributed by atoms with Crippen molar-refractivity contribution in [3.63, 3.8) is 0 Å². The first-order valence-electron chi connectivity index (χ1n) is 9.15. The number of carbonyl (C=O) groups excluding carboxylic acids is 2. The van der Waals surface area contributed by atoms with Crippen LogP contribution < -0.4 is 5.32 Å². The zero-order chi connectivity index (χ0) is 19.9. The van der Waals surface area contributed by atoms with Gasteiger partial charge in [0.1, 0.15) is 5.01 Å². The van der Waals surface area contributed by atoms with Crippen LogP contribution in [0.2, 0.25) is 0 Å². The molecule has 0 saturated heterocycles. The first-order valence-corrected chi connectivity index (χ1v) is 9.97. The van der Waals surface area contributed by atoms with Crippen molar-refractivity contribution in [2.24, 2.45) is 0 Å². The van der Waals surface area contributed by atoms with Crippen LogP contribution in [-0.2, 0) is 14.3 Å². The summed E-state index contributed by atoms with van der Waals surface area (Å²) in [7, 11) is 0. The van der Waals surface area contributed by atoms with Crippen LogP contribution in [0, 0.1) is 0 Å². The van der Waals surface area contributed by atoms with E-state index in [1.165, 1.54) is 23.0 Å². The Kier molecular flexibility index (Phi) is 6.55. The third kappa shape index (κ3) is 5.27. The number of nitrogens with zero attached hydrogens (tertiary/aromatic N) is 1. The van der Waals surface area contributed by atoms with E-state index in [2.05, 4.69) is 24.1 Å². The van der Waals surface area contributed by atoms with Gasteiger partial charge in [0.05, 0.1) is 10.2 Å². The van der Waals surface area contributed by atoms with E-state index in [0.717, 1.165) is 16.6 Å². The maximum atomic E-state index is 12.0. The van der Waals surface area contributed by atoms with Crippen molar-refractivity contribution in [3.05, 3.63) is 65.2 Å². The van der Waals surface area contributed by atoms with Crippen LogP contribution in [0.1, 0.15) is 36.8 Å². The summed E-state index contributed by atoms with van der Waals surface area (Å²) in [6.45, 7) is 3.96. The van der Waals surface area contributed by atoms with Gasteiger partial charge in [-0.25, -0.2) is 9.78 Å². The molecule has 1 N–H and O–H groups in total. The van der Waals surface area contributed by atoms with Gasteiger partial charge in [0.15, 0.2) is 6.61 Å². The Labute approximate surface area is 168 Å². The number of anilines is 1. The largest absolute Gasteiger partial charge is 0.452 e. The predicted octanol–water partition coefficient (Wildman–Crippen LogP) is 5.00. The molecule has 0 unspecified atom stereocenters. The molecule has 0 aliphatic carbocycles. The van der Waals surface area contributed by atoms with Gasteiger partial charge in [-0.3, -0.25) is 4.79 Å². The number of hydrogen-bond acceptors (Lipinski definition) is 5. The van der Waals surface area contributed by atoms with Crippen LogP contribution in [0.25, 0.3) is 16.3 Å². The maximum Gasteiger partial charge on any atom is 0.331 e. The number of carbonyl (C=O) groups is 2. The predicted molar refractivity (Wildman–Crippen MR) is 113 cm³/mol. The van der Waals surface area contributed by atoms with E-state index in [9.17, 15) is 9.59 Å². The maximum absolute atomic E-state index is 12.0. The molecule has 0 aliphatic rings. The van der Waals surface area contributed by atoms with Gasteiger partial charge >= 0.3 is 5.97 Å². The highest BCUT2D eigenvalue weighted by atomic mass is 32.1. The Morgan fingerprint density at radius 1 is 1.18 bits per heavy atom. The van der Waals surface area contributed by atoms with Gasteiger partial charge in [-0.2, -0.15) is 0 Å². The number of nitrogens with one attached hydrogen (secondary N) is 1. The summed E-state index contributed by atoms with van der Waals surface area (Å²) in [5.41, 5.74) is 2.80. The molecule has 0 spiro atoms. The van der Waals surface area contributed by atoms with Crippen LogP contribution in [0.4, 0.5) is 5.69 Å². The summed E-state index contributed by atoms with van der Waals surface area (Å²) in [6.07, 6.45) is 3.94. The molecule has 2 aromatic carbocycles. The van der Waals surface area contributed by atoms with E-state index in [-0.39, 0.29) is 12.5 Å². The zero-order valence-electron chi connectivity index (χ0n) is 15.8. The summed E-state index contributed by atoms with van der Waals surface area (Å²) in [5, 5.41) is 3.43. The van der Waals surface area contributed by atoms with Crippen LogP contribution >= 0.6 is 11.3 Å². The average Bonchev–Trinajstić information content (AvgIpc) is 3.13. The Morgan fingerprint density at radius 2 is 1.93 bits per heavy atom. The number of amides is 1. The molecule has 0 fully saturated rings. The van der Waals surface area contributed by atoms with Crippen LogP contribution in [0.15, 0.2) is 54.6 Å². The molecule has 0 radical (unpaired) electrons. The summed E-state index contributed by atoms with van der Waals surface area (Å²) < 4.78 is 6.04. The lowest BCUT2D eigenvalue weighted by atomic mass is 9.99. The van der Waals surface area contributed by atoms with Crippen LogP contribution in [0.5, 0.6) is 0 Å². The van der Waals surface area contributed by atoms with Crippen molar-refractivity contribution in [1.29, 1.82) is 0 Å². The highest BCUT2D eigenvalue weighted by molar-refractivity contribution is 7.19. The molecule has 3 aromatic rings. The topological polar surface area (TPSA) is 68.3 Å². The first-order chi connectivity index (χ1) is 13.5. The number of esters is 1. The molecule has 1 atom stereocenters. The summed E-state index contributed by atoms with van der Waals surface area (Å²) >= 11 is 1.49. The number of hydrogen-bond donors (Lipinski definition) is 1. The van der Waals surface area contributed by atoms with Gasteiger partial charge in [0.2, 0.25) is 0 Å². The molecule has 1 amide bonds. The average molecular weight is 394 g/mol. The summed E-state index contributed by atoms with van der Waals surface area (Å²) in [4.78, 5) is 28.2. The first kappa shape index (κ1) is 19.8. The number of fused-ring (bicyclic) bond motifs is 1. The molecule has 6 heteroatoms. The van der Waals surface area contributed by atoms with Crippen molar-refractivity contribution < 1.29 is 14.3 Å². The van der Waals surface area contributed by atoms with Crippen molar-refractivity contribution in [2.45, 2.75) is 26.2 Å². The fourth-order valence-corrected chi connectivity index (χ4v) is 3.48. The number of thiazole rings is 1. The second-order valence-corrected chi connectivity index (χ2v) is 7.50. The van der Waals surface area contributed by atoms with Crippen LogP contribution in [-0.4, -0.2) is 23.5 Å². The van der Waals surface area contributed by atoms with E-state index >= 15 is 0 Å². The molecule has 3 rings (SSSR count). The smallest absolute Gasteiger partial charge is 0.331 e. The van der Waals surface area contributed by atoms with E-state index < -0.39 is 5.97 Å². The van der Waals surface area contributed by atoms with E-state index in [1.54, 1.807) is 6.08 Å². The molecule has 0 saturated carbocycles. The normalized spacial score (nSPS) is 12.2. The number of ether oxygens (including phenoxy) is 1. The van der Waals surface area contributed by atoms with Crippen molar-refractivity contribution in [1.82, 2.24) is 4.98 Å². The van der Waals surface area contributed by atoms with Crippen molar-refractivity contribution in [2.75, 3.05) is 11.9 Å². The Bertz CT molecular complexity index is 959. The molecule has 28 heavy (non-hydrogen) atoms. The van der Waals surface area contributed by atoms with Gasteiger partial charge in [-0.05, 0) is 48.2 Å². The number of benzene rings is 2. The number of aromatic nitrogens is 1. The monoisotopic (exact) mass is 394 g/mol. The van der Waals surface area contributed by atoms with E-state index in [0.29, 0.717) is 16.6 Å². The molecular formula is C22H22N2O3S. The number of rotatable bonds is 7. The lowest BCUT2D eigenvalue weighted by Gasteiger charge is -2.10. The fourth-order valence-electron chi connectivity index (χ4n) is 2.61. The van der Waals surface area contributed by atoms with Gasteiger partial charge in [-0.15, -0.1) is 11.3 Å². The second-order valence-electron chi connectivity index (χ2n) is 6.44. The lowest BCUT2D eigenvalue weighted by Crippen LogP contribution is -2.20. The quantitative estimate of drug-likeness (QED) is 0.452. The van der Waals surface area contributed by atoms with Crippen LogP contribution in [0.3, 0.4) is 0 Å². The Morgan fingerprint density at radius 3 is 2.64 bits per heavy atom. The molecule has 144 valence electrons. The highest BCUT2D eigenvalue weighted by Gasteiger charge is 2.08. The zero-order valence-corrected chi connectivity index (χ0v) is 16.7. The second kappa shape index (κ2) is 9.28. The molecule has 0 aliphatic heterocycles. The molecule has 1 heterocycles. The molecular weight excluding hydrogens is 372 g/mol. The Balaban J connectivity index is 1.47. The minimum atomic E-state index is -0.582. The molecule has 0 bridgehead atoms. The highest BCUT2D eigenvalue weighted by Crippen LogP contribution is 2.22. The van der Waals surface area contributed by atoms with Gasteiger partial charge in [-0.1, -0.05) is 38.1 Å². The standard InChI is InChI=1S/C22H22N2O3S/c1-3-15(2)16-8-10-17(11-9-16)23-20(25)14-27-22(26)13-12-21-24-18-6-4-5-7-19(18)28-21/h4-13,15H,3,14H2,1-2H3,(H,23,25)/b13-12+/t15-/m1/s1. The van der Waals surface area contributed by atoms with E-state index in [1.807, 2.05) is 48.5 Å². The van der Waals surface area contributed by atoms with E-state index in [4.69, 9.17) is 4.74 Å². The third-order valence-corrected chi connectivity index (χ3v) is 5.40. The van der Waals surface area contributed by atoms with Gasteiger partial charge < -0.3 is 10.1 Å². The lowest BCUT2D eigenvalue weighted by molar-refractivity contribution is -0.142. The fraction of sp³-hybridized carbons (Fsp3) is 0.227. The SMILES string of the molecule is CC[C@@H](C)c1ccc(NC(=O)COC(=O)/C=C/c2nc3ccccc3s2)cc1. The van der Waals surface area contributed by atoms with Crippen molar-refractivity contribution >= 4 is 45.2 Å². The molecule has 1 aromatic heterocycles. The Hall–Kier alpha value is -2.99. The van der Waals surface area contributed by atoms with Crippen molar-refractivity contribution in [3.8, 4) is 0 Å². The minimum absolute atomic E-state index is 0.337. The molecule has 5 nitrogen and oxygen atoms in total.